The van der Waals surface area contributed by atoms with Crippen molar-refractivity contribution in [2.24, 2.45) is 0 Å². The number of benzene rings is 1. The van der Waals surface area contributed by atoms with E-state index in [0.29, 0.717) is 5.69 Å². The van der Waals surface area contributed by atoms with Crippen molar-refractivity contribution in [3.63, 3.8) is 0 Å². The van der Waals surface area contributed by atoms with Gasteiger partial charge in [-0.25, -0.2) is 0 Å². The van der Waals surface area contributed by atoms with E-state index in [2.05, 4.69) is 45.2 Å². The SMILES string of the molecule is CCN1CCc2ccc(NC(=O)c3cc(Br)cn3CC)cc21. The van der Waals surface area contributed by atoms with E-state index in [-0.39, 0.29) is 5.91 Å². The van der Waals surface area contributed by atoms with E-state index in [4.69, 9.17) is 0 Å². The summed E-state index contributed by atoms with van der Waals surface area (Å²) in [6.45, 7) is 7.01. The summed E-state index contributed by atoms with van der Waals surface area (Å²) in [5.74, 6) is -0.0754. The lowest BCUT2D eigenvalue weighted by molar-refractivity contribution is 0.101. The Hall–Kier alpha value is -1.75. The van der Waals surface area contributed by atoms with Gasteiger partial charge in [0.2, 0.25) is 0 Å². The zero-order valence-electron chi connectivity index (χ0n) is 12.9. The maximum absolute atomic E-state index is 12.5. The van der Waals surface area contributed by atoms with E-state index in [9.17, 15) is 4.79 Å². The van der Waals surface area contributed by atoms with E-state index < -0.39 is 0 Å². The smallest absolute Gasteiger partial charge is 0.272 e. The molecule has 1 amide bonds. The fourth-order valence-electron chi connectivity index (χ4n) is 2.97. The Morgan fingerprint density at radius 3 is 2.82 bits per heavy atom. The van der Waals surface area contributed by atoms with Crippen molar-refractivity contribution in [1.29, 1.82) is 0 Å². The monoisotopic (exact) mass is 361 g/mol. The van der Waals surface area contributed by atoms with Crippen LogP contribution < -0.4 is 10.2 Å². The number of likely N-dealkylation sites (N-methyl/N-ethyl adjacent to an activating group) is 1. The van der Waals surface area contributed by atoms with E-state index in [1.165, 1.54) is 11.3 Å². The molecule has 0 atom stereocenters. The van der Waals surface area contributed by atoms with Crippen molar-refractivity contribution in [3.05, 3.63) is 46.2 Å². The highest BCUT2D eigenvalue weighted by Crippen LogP contribution is 2.30. The minimum Gasteiger partial charge on any atom is -0.371 e. The third-order valence-electron chi connectivity index (χ3n) is 4.15. The van der Waals surface area contributed by atoms with Gasteiger partial charge in [-0.3, -0.25) is 4.79 Å². The lowest BCUT2D eigenvalue weighted by Gasteiger charge is -2.17. The number of nitrogens with one attached hydrogen (secondary N) is 1. The number of aromatic nitrogens is 1. The molecule has 0 saturated heterocycles. The number of amides is 1. The zero-order chi connectivity index (χ0) is 15.7. The normalized spacial score (nSPS) is 13.3. The van der Waals surface area contributed by atoms with Crippen LogP contribution in [0.15, 0.2) is 34.9 Å². The summed E-state index contributed by atoms with van der Waals surface area (Å²) in [6.07, 6.45) is 3.01. The van der Waals surface area contributed by atoms with Crippen LogP contribution in [0.25, 0.3) is 0 Å². The van der Waals surface area contributed by atoms with E-state index in [1.807, 2.05) is 29.8 Å². The summed E-state index contributed by atoms with van der Waals surface area (Å²) in [6, 6.07) is 8.04. The van der Waals surface area contributed by atoms with E-state index in [1.54, 1.807) is 0 Å². The lowest BCUT2D eigenvalue weighted by Crippen LogP contribution is -2.20. The Labute approximate surface area is 139 Å². The largest absolute Gasteiger partial charge is 0.371 e. The molecule has 0 saturated carbocycles. The Morgan fingerprint density at radius 1 is 1.27 bits per heavy atom. The molecule has 1 N–H and O–H groups in total. The Morgan fingerprint density at radius 2 is 2.09 bits per heavy atom. The quantitative estimate of drug-likeness (QED) is 0.896. The molecule has 1 aromatic heterocycles. The molecule has 1 aliphatic heterocycles. The number of rotatable bonds is 4. The molecular weight excluding hydrogens is 342 g/mol. The second-order valence-corrected chi connectivity index (χ2v) is 6.37. The second kappa shape index (κ2) is 6.16. The highest BCUT2D eigenvalue weighted by molar-refractivity contribution is 9.10. The number of halogens is 1. The van der Waals surface area contributed by atoms with Crippen molar-refractivity contribution in [2.75, 3.05) is 23.3 Å². The van der Waals surface area contributed by atoms with E-state index >= 15 is 0 Å². The molecular formula is C17H20BrN3O. The standard InChI is InChI=1S/C17H20BrN3O/c1-3-20-8-7-12-5-6-14(10-15(12)20)19-17(22)16-9-13(18)11-21(16)4-2/h5-6,9-11H,3-4,7-8H2,1-2H3,(H,19,22). The van der Waals surface area contributed by atoms with Gasteiger partial charge in [-0.2, -0.15) is 0 Å². The maximum Gasteiger partial charge on any atom is 0.272 e. The number of anilines is 2. The van der Waals surface area contributed by atoms with Gasteiger partial charge in [0.05, 0.1) is 0 Å². The Bertz CT molecular complexity index is 708. The third kappa shape index (κ3) is 2.77. The molecule has 4 nitrogen and oxygen atoms in total. The summed E-state index contributed by atoms with van der Waals surface area (Å²) in [5, 5.41) is 3.01. The number of carbonyl (C=O) groups excluding carboxylic acids is 1. The van der Waals surface area contributed by atoms with Gasteiger partial charge in [-0.05, 0) is 60.0 Å². The Kier molecular flexibility index (Phi) is 4.25. The summed E-state index contributed by atoms with van der Waals surface area (Å²) in [7, 11) is 0. The fraction of sp³-hybridized carbons (Fsp3) is 0.353. The predicted octanol–water partition coefficient (Wildman–Crippen LogP) is 3.91. The lowest BCUT2D eigenvalue weighted by atomic mass is 10.1. The molecule has 0 fully saturated rings. The zero-order valence-corrected chi connectivity index (χ0v) is 14.5. The number of hydrogen-bond acceptors (Lipinski definition) is 2. The van der Waals surface area contributed by atoms with Crippen molar-refractivity contribution in [2.45, 2.75) is 26.8 Å². The Balaban J connectivity index is 1.83. The highest BCUT2D eigenvalue weighted by atomic mass is 79.9. The van der Waals surface area contributed by atoms with Crippen LogP contribution in [0.2, 0.25) is 0 Å². The number of nitrogens with zero attached hydrogens (tertiary/aromatic N) is 2. The van der Waals surface area contributed by atoms with Crippen molar-refractivity contribution < 1.29 is 4.79 Å². The van der Waals surface area contributed by atoms with Crippen molar-refractivity contribution in [1.82, 2.24) is 4.57 Å². The van der Waals surface area contributed by atoms with Crippen LogP contribution in [-0.2, 0) is 13.0 Å². The maximum atomic E-state index is 12.5. The first-order valence-corrected chi connectivity index (χ1v) is 8.46. The number of fused-ring (bicyclic) bond motifs is 1. The molecule has 116 valence electrons. The molecule has 0 radical (unpaired) electrons. The van der Waals surface area contributed by atoms with Crippen molar-refractivity contribution in [3.8, 4) is 0 Å². The van der Waals surface area contributed by atoms with Crippen LogP contribution in [0.3, 0.4) is 0 Å². The van der Waals surface area contributed by atoms with Gasteiger partial charge >= 0.3 is 0 Å². The molecule has 2 aromatic rings. The van der Waals surface area contributed by atoms with Crippen LogP contribution >= 0.6 is 15.9 Å². The van der Waals surface area contributed by atoms with Gasteiger partial charge in [0, 0.05) is 41.7 Å². The number of hydrogen-bond donors (Lipinski definition) is 1. The molecule has 22 heavy (non-hydrogen) atoms. The van der Waals surface area contributed by atoms with Crippen LogP contribution in [0.5, 0.6) is 0 Å². The van der Waals surface area contributed by atoms with Gasteiger partial charge in [0.15, 0.2) is 0 Å². The second-order valence-electron chi connectivity index (χ2n) is 5.46. The molecule has 0 unspecified atom stereocenters. The molecule has 0 aliphatic carbocycles. The summed E-state index contributed by atoms with van der Waals surface area (Å²) >= 11 is 3.43. The van der Waals surface area contributed by atoms with Gasteiger partial charge in [-0.1, -0.05) is 6.07 Å². The molecule has 2 heterocycles. The number of aryl methyl sites for hydroxylation is 1. The minimum absolute atomic E-state index is 0.0754. The molecule has 1 aromatic carbocycles. The summed E-state index contributed by atoms with van der Waals surface area (Å²) < 4.78 is 2.86. The van der Waals surface area contributed by atoms with Gasteiger partial charge < -0.3 is 14.8 Å². The molecule has 3 rings (SSSR count). The predicted molar refractivity (Wildman–Crippen MR) is 93.8 cm³/mol. The fourth-order valence-corrected chi connectivity index (χ4v) is 3.44. The highest BCUT2D eigenvalue weighted by Gasteiger charge is 2.19. The number of carbonyl (C=O) groups is 1. The third-order valence-corrected chi connectivity index (χ3v) is 4.59. The van der Waals surface area contributed by atoms with Gasteiger partial charge in [0.1, 0.15) is 5.69 Å². The first kappa shape index (κ1) is 15.2. The van der Waals surface area contributed by atoms with Crippen molar-refractivity contribution >= 4 is 33.2 Å². The molecule has 5 heteroatoms. The average molecular weight is 362 g/mol. The first-order chi connectivity index (χ1) is 10.6. The van der Waals surface area contributed by atoms with E-state index in [0.717, 1.165) is 36.2 Å². The molecule has 0 spiro atoms. The van der Waals surface area contributed by atoms with Gasteiger partial charge in [0.25, 0.3) is 5.91 Å². The first-order valence-electron chi connectivity index (χ1n) is 7.67. The van der Waals surface area contributed by atoms with Gasteiger partial charge in [-0.15, -0.1) is 0 Å². The van der Waals surface area contributed by atoms with Crippen LogP contribution in [0.4, 0.5) is 11.4 Å². The van der Waals surface area contributed by atoms with Crippen LogP contribution in [0, 0.1) is 0 Å². The van der Waals surface area contributed by atoms with Crippen LogP contribution in [0.1, 0.15) is 29.9 Å². The van der Waals surface area contributed by atoms with Crippen LogP contribution in [-0.4, -0.2) is 23.6 Å². The summed E-state index contributed by atoms with van der Waals surface area (Å²) in [5.41, 5.74) is 4.12. The topological polar surface area (TPSA) is 37.3 Å². The minimum atomic E-state index is -0.0754. The molecule has 0 bridgehead atoms. The molecule has 1 aliphatic rings. The average Bonchev–Trinajstić information content (AvgIpc) is 3.09. The summed E-state index contributed by atoms with van der Waals surface area (Å²) in [4.78, 5) is 14.8.